The van der Waals surface area contributed by atoms with Crippen molar-refractivity contribution in [1.29, 1.82) is 0 Å². The van der Waals surface area contributed by atoms with Crippen molar-refractivity contribution < 1.29 is 13.7 Å². The van der Waals surface area contributed by atoms with Crippen molar-refractivity contribution in [2.45, 2.75) is 13.5 Å². The smallest absolute Gasteiger partial charge is 0.328 e. The summed E-state index contributed by atoms with van der Waals surface area (Å²) in [6.45, 7) is 2.04. The zero-order valence-electron chi connectivity index (χ0n) is 14.1. The number of nitrogens with zero attached hydrogens (tertiary/aromatic N) is 3. The molecule has 0 spiro atoms. The summed E-state index contributed by atoms with van der Waals surface area (Å²) in [4.78, 5) is 19.3. The maximum atomic E-state index is 13.5. The zero-order chi connectivity index (χ0) is 18.3. The molecule has 0 unspecified atom stereocenters. The number of H-pyrrole nitrogens is 1. The first-order chi connectivity index (χ1) is 12.5. The van der Waals surface area contributed by atoms with Crippen molar-refractivity contribution >= 4 is 11.2 Å². The number of benzene rings is 1. The summed E-state index contributed by atoms with van der Waals surface area (Å²) in [6, 6.07) is 7.86. The molecule has 7 nitrogen and oxygen atoms in total. The predicted octanol–water partition coefficient (Wildman–Crippen LogP) is 2.88. The molecule has 4 rings (SSSR count). The number of imidazole rings is 1. The summed E-state index contributed by atoms with van der Waals surface area (Å²) < 4.78 is 25.3. The molecule has 4 aromatic rings. The first-order valence-electron chi connectivity index (χ1n) is 7.90. The van der Waals surface area contributed by atoms with E-state index in [-0.39, 0.29) is 18.1 Å². The van der Waals surface area contributed by atoms with Gasteiger partial charge in [-0.05, 0) is 25.1 Å². The topological polar surface area (TPSA) is 85.9 Å². The molecule has 0 saturated carbocycles. The molecule has 0 radical (unpaired) electrons. The summed E-state index contributed by atoms with van der Waals surface area (Å²) in [5.41, 5.74) is 2.80. The van der Waals surface area contributed by atoms with Gasteiger partial charge in [0.2, 0.25) is 0 Å². The maximum Gasteiger partial charge on any atom is 0.328 e. The highest BCUT2D eigenvalue weighted by molar-refractivity contribution is 5.80. The van der Waals surface area contributed by atoms with Crippen LogP contribution in [0.15, 0.2) is 45.8 Å². The van der Waals surface area contributed by atoms with Crippen LogP contribution in [0.2, 0.25) is 0 Å². The van der Waals surface area contributed by atoms with E-state index in [1.807, 2.05) is 6.07 Å². The third-order valence-electron chi connectivity index (χ3n) is 4.10. The minimum atomic E-state index is -0.389. The second kappa shape index (κ2) is 6.14. The number of aromatic amines is 1. The molecule has 0 amide bonds. The third kappa shape index (κ3) is 2.75. The van der Waals surface area contributed by atoms with Crippen LogP contribution in [0.1, 0.15) is 11.5 Å². The number of aromatic nitrogens is 4. The fraction of sp³-hybridized carbons (Fsp3) is 0.167. The minimum Gasteiger partial charge on any atom is -0.496 e. The number of halogens is 1. The Morgan fingerprint density at radius 3 is 2.88 bits per heavy atom. The lowest BCUT2D eigenvalue weighted by Crippen LogP contribution is -2.17. The van der Waals surface area contributed by atoms with E-state index in [9.17, 15) is 9.18 Å². The minimum absolute atomic E-state index is 0.252. The molecule has 0 fully saturated rings. The Morgan fingerprint density at radius 2 is 2.15 bits per heavy atom. The van der Waals surface area contributed by atoms with Crippen LogP contribution < -0.4 is 10.4 Å². The molecule has 0 saturated heterocycles. The molecule has 26 heavy (non-hydrogen) atoms. The van der Waals surface area contributed by atoms with E-state index < -0.39 is 0 Å². The van der Waals surface area contributed by atoms with Gasteiger partial charge in [0.05, 0.1) is 19.2 Å². The second-order valence-corrected chi connectivity index (χ2v) is 5.88. The van der Waals surface area contributed by atoms with Crippen LogP contribution in [0.4, 0.5) is 4.39 Å². The molecule has 0 aliphatic rings. The van der Waals surface area contributed by atoms with E-state index in [0.29, 0.717) is 39.5 Å². The van der Waals surface area contributed by atoms with Gasteiger partial charge in [0.1, 0.15) is 23.0 Å². The number of rotatable bonds is 4. The predicted molar refractivity (Wildman–Crippen MR) is 92.6 cm³/mol. The van der Waals surface area contributed by atoms with Gasteiger partial charge in [-0.3, -0.25) is 9.55 Å². The molecule has 1 aromatic carbocycles. The highest BCUT2D eigenvalue weighted by atomic mass is 19.1. The number of aryl methyl sites for hydroxylation is 1. The second-order valence-electron chi connectivity index (χ2n) is 5.88. The maximum absolute atomic E-state index is 13.5. The van der Waals surface area contributed by atoms with Crippen LogP contribution in [0.5, 0.6) is 5.75 Å². The van der Waals surface area contributed by atoms with E-state index in [1.54, 1.807) is 25.3 Å². The van der Waals surface area contributed by atoms with E-state index in [2.05, 4.69) is 15.1 Å². The van der Waals surface area contributed by atoms with Gasteiger partial charge in [-0.25, -0.2) is 14.2 Å². The average Bonchev–Trinajstić information content (AvgIpc) is 3.18. The van der Waals surface area contributed by atoms with Gasteiger partial charge in [-0.2, -0.15) is 0 Å². The van der Waals surface area contributed by atoms with Crippen molar-refractivity contribution in [3.05, 3.63) is 64.3 Å². The molecular formula is C18H15FN4O3. The van der Waals surface area contributed by atoms with Gasteiger partial charge >= 0.3 is 5.69 Å². The van der Waals surface area contributed by atoms with Gasteiger partial charge in [-0.1, -0.05) is 5.16 Å². The van der Waals surface area contributed by atoms with Crippen LogP contribution in [-0.4, -0.2) is 26.8 Å². The zero-order valence-corrected chi connectivity index (χ0v) is 14.1. The lowest BCUT2D eigenvalue weighted by Gasteiger charge is -2.09. The number of hydrogen-bond donors (Lipinski definition) is 1. The van der Waals surface area contributed by atoms with Gasteiger partial charge in [0.15, 0.2) is 5.65 Å². The summed E-state index contributed by atoms with van der Waals surface area (Å²) in [7, 11) is 1.48. The lowest BCUT2D eigenvalue weighted by molar-refractivity contribution is 0.389. The van der Waals surface area contributed by atoms with E-state index in [0.717, 1.165) is 0 Å². The molecule has 0 aliphatic heterocycles. The third-order valence-corrected chi connectivity index (χ3v) is 4.10. The molecule has 0 atom stereocenters. The van der Waals surface area contributed by atoms with Crippen LogP contribution >= 0.6 is 0 Å². The van der Waals surface area contributed by atoms with Gasteiger partial charge in [-0.15, -0.1) is 0 Å². The van der Waals surface area contributed by atoms with Crippen molar-refractivity contribution in [2.24, 2.45) is 0 Å². The number of methoxy groups -OCH3 is 1. The first-order valence-corrected chi connectivity index (χ1v) is 7.90. The van der Waals surface area contributed by atoms with Crippen molar-refractivity contribution in [1.82, 2.24) is 19.7 Å². The van der Waals surface area contributed by atoms with Crippen LogP contribution in [0.3, 0.4) is 0 Å². The molecule has 8 heteroatoms. The Bertz CT molecular complexity index is 1160. The van der Waals surface area contributed by atoms with Crippen molar-refractivity contribution in [3.63, 3.8) is 0 Å². The standard InChI is InChI=1S/C18H15FN4O3/c1-10-5-13(22-26-10)9-23-15-6-11(8-20-17(15)21-18(23)24)14-4-3-12(19)7-16(14)25-2/h3-8H,9H2,1-2H3,(H,20,21,24). The van der Waals surface area contributed by atoms with Crippen molar-refractivity contribution in [3.8, 4) is 16.9 Å². The fourth-order valence-electron chi connectivity index (χ4n) is 2.90. The molecule has 132 valence electrons. The van der Waals surface area contributed by atoms with E-state index in [4.69, 9.17) is 9.26 Å². The summed E-state index contributed by atoms with van der Waals surface area (Å²) in [5, 5.41) is 3.93. The van der Waals surface area contributed by atoms with Crippen LogP contribution in [0.25, 0.3) is 22.3 Å². The monoisotopic (exact) mass is 354 g/mol. The van der Waals surface area contributed by atoms with Gasteiger partial charge in [0.25, 0.3) is 0 Å². The highest BCUT2D eigenvalue weighted by Crippen LogP contribution is 2.31. The van der Waals surface area contributed by atoms with Crippen LogP contribution in [-0.2, 0) is 6.54 Å². The number of ether oxygens (including phenoxy) is 1. The quantitative estimate of drug-likeness (QED) is 0.609. The summed E-state index contributed by atoms with van der Waals surface area (Å²) in [6.07, 6.45) is 1.61. The Morgan fingerprint density at radius 1 is 1.31 bits per heavy atom. The normalized spacial score (nSPS) is 11.2. The Hall–Kier alpha value is -3.42. The molecule has 1 N–H and O–H groups in total. The fourth-order valence-corrected chi connectivity index (χ4v) is 2.90. The molecule has 0 aliphatic carbocycles. The number of nitrogens with one attached hydrogen (secondary N) is 1. The molecular weight excluding hydrogens is 339 g/mol. The van der Waals surface area contributed by atoms with Gasteiger partial charge < -0.3 is 9.26 Å². The largest absolute Gasteiger partial charge is 0.496 e. The van der Waals surface area contributed by atoms with Crippen molar-refractivity contribution in [2.75, 3.05) is 7.11 Å². The average molecular weight is 354 g/mol. The van der Waals surface area contributed by atoms with Gasteiger partial charge in [0, 0.05) is 29.5 Å². The van der Waals surface area contributed by atoms with E-state index >= 15 is 0 Å². The molecule has 0 bridgehead atoms. The summed E-state index contributed by atoms with van der Waals surface area (Å²) in [5.74, 6) is 0.671. The van der Waals surface area contributed by atoms with E-state index in [1.165, 1.54) is 23.8 Å². The Kier molecular flexibility index (Phi) is 3.80. The number of pyridine rings is 1. The Labute approximate surface area is 147 Å². The number of fused-ring (bicyclic) bond motifs is 1. The first kappa shape index (κ1) is 16.1. The SMILES string of the molecule is COc1cc(F)ccc1-c1cnc2[nH]c(=O)n(Cc3cc(C)on3)c2c1. The van der Waals surface area contributed by atoms with Crippen LogP contribution in [0, 0.1) is 12.7 Å². The lowest BCUT2D eigenvalue weighted by atomic mass is 10.1. The summed E-state index contributed by atoms with van der Waals surface area (Å²) >= 11 is 0. The molecule has 3 aromatic heterocycles. The molecule has 3 heterocycles. The Balaban J connectivity index is 1.84. The highest BCUT2D eigenvalue weighted by Gasteiger charge is 2.14. The number of hydrogen-bond acceptors (Lipinski definition) is 5.